The topological polar surface area (TPSA) is 100 Å². The van der Waals surface area contributed by atoms with E-state index in [-0.39, 0.29) is 5.56 Å². The molecule has 0 aliphatic heterocycles. The number of aryl methyl sites for hydroxylation is 1. The van der Waals surface area contributed by atoms with Crippen molar-refractivity contribution in [2.24, 2.45) is 0 Å². The number of amides is 1. The lowest BCUT2D eigenvalue weighted by molar-refractivity contribution is -0.142. The molecule has 0 spiro atoms. The number of carbonyl (C=O) groups excluding carboxylic acids is 3. The van der Waals surface area contributed by atoms with Crippen LogP contribution in [0.2, 0.25) is 0 Å². The van der Waals surface area contributed by atoms with Crippen LogP contribution in [-0.2, 0) is 20.7 Å². The normalized spacial score (nSPS) is 14.7. The van der Waals surface area contributed by atoms with Crippen LogP contribution in [0.4, 0.5) is 5.00 Å². The molecule has 0 saturated carbocycles. The van der Waals surface area contributed by atoms with Gasteiger partial charge in [0.15, 0.2) is 0 Å². The van der Waals surface area contributed by atoms with Crippen molar-refractivity contribution in [3.63, 3.8) is 0 Å². The highest BCUT2D eigenvalue weighted by molar-refractivity contribution is 7.17. The number of rotatable bonds is 6. The highest BCUT2D eigenvalue weighted by atomic mass is 32.1. The molecule has 1 aromatic carbocycles. The molecule has 1 aromatic heterocycles. The summed E-state index contributed by atoms with van der Waals surface area (Å²) in [5.41, 5.74) is 1.07. The van der Waals surface area contributed by atoms with E-state index in [0.29, 0.717) is 40.5 Å². The number of anilines is 1. The van der Waals surface area contributed by atoms with E-state index >= 15 is 0 Å². The lowest BCUT2D eigenvalue weighted by Gasteiger charge is -2.12. The van der Waals surface area contributed by atoms with Gasteiger partial charge in [0.1, 0.15) is 16.5 Å². The lowest BCUT2D eigenvalue weighted by atomic mass is 9.99. The minimum atomic E-state index is -0.614. The molecule has 1 N–H and O–H groups in total. The fourth-order valence-electron chi connectivity index (χ4n) is 3.35. The SMILES string of the molecule is COC(=O)c1c(NC(=O)c2cc(OC)cc(OC)c2)sc2c1[C@@H](C(=O)OC)CC2. The van der Waals surface area contributed by atoms with Gasteiger partial charge in [0, 0.05) is 16.5 Å². The summed E-state index contributed by atoms with van der Waals surface area (Å²) in [6.07, 6.45) is 1.17. The molecule has 0 fully saturated rings. The lowest BCUT2D eigenvalue weighted by Crippen LogP contribution is -2.17. The first kappa shape index (κ1) is 20.7. The Hall–Kier alpha value is -3.07. The maximum Gasteiger partial charge on any atom is 0.341 e. The molecule has 1 heterocycles. The van der Waals surface area contributed by atoms with E-state index in [0.717, 1.165) is 4.88 Å². The van der Waals surface area contributed by atoms with Crippen LogP contribution in [0.25, 0.3) is 0 Å². The van der Waals surface area contributed by atoms with Gasteiger partial charge in [-0.05, 0) is 30.5 Å². The van der Waals surface area contributed by atoms with Gasteiger partial charge < -0.3 is 24.3 Å². The van der Waals surface area contributed by atoms with Crippen LogP contribution < -0.4 is 14.8 Å². The van der Waals surface area contributed by atoms with Crippen LogP contribution >= 0.6 is 11.3 Å². The second-order valence-electron chi connectivity index (χ2n) is 6.30. The van der Waals surface area contributed by atoms with Crippen LogP contribution in [0.15, 0.2) is 18.2 Å². The van der Waals surface area contributed by atoms with Crippen LogP contribution in [0, 0.1) is 0 Å². The Morgan fingerprint density at radius 2 is 1.66 bits per heavy atom. The molecule has 0 unspecified atom stereocenters. The third-order valence-electron chi connectivity index (χ3n) is 4.75. The highest BCUT2D eigenvalue weighted by Gasteiger charge is 2.38. The average molecular weight is 419 g/mol. The summed E-state index contributed by atoms with van der Waals surface area (Å²) in [5.74, 6) is -1.10. The van der Waals surface area contributed by atoms with Gasteiger partial charge in [0.05, 0.1) is 39.9 Å². The van der Waals surface area contributed by atoms with Gasteiger partial charge >= 0.3 is 11.9 Å². The van der Waals surface area contributed by atoms with Gasteiger partial charge in [-0.2, -0.15) is 0 Å². The van der Waals surface area contributed by atoms with Gasteiger partial charge in [-0.15, -0.1) is 11.3 Å². The van der Waals surface area contributed by atoms with Crippen molar-refractivity contribution in [3.05, 3.63) is 39.8 Å². The second kappa shape index (κ2) is 8.52. The number of ether oxygens (including phenoxy) is 4. The molecule has 1 amide bonds. The van der Waals surface area contributed by atoms with Crippen LogP contribution in [-0.4, -0.2) is 46.3 Å². The summed E-state index contributed by atoms with van der Waals surface area (Å²) in [6.45, 7) is 0. The predicted molar refractivity (Wildman–Crippen MR) is 106 cm³/mol. The van der Waals surface area contributed by atoms with Crippen molar-refractivity contribution in [2.75, 3.05) is 33.8 Å². The van der Waals surface area contributed by atoms with Gasteiger partial charge in [0.2, 0.25) is 0 Å². The monoisotopic (exact) mass is 419 g/mol. The van der Waals surface area contributed by atoms with E-state index in [1.807, 2.05) is 0 Å². The zero-order valence-corrected chi connectivity index (χ0v) is 17.3. The van der Waals surface area contributed by atoms with Crippen molar-refractivity contribution in [1.29, 1.82) is 0 Å². The number of nitrogens with one attached hydrogen (secondary N) is 1. The summed E-state index contributed by atoms with van der Waals surface area (Å²) in [6, 6.07) is 4.78. The first-order valence-electron chi connectivity index (χ1n) is 8.79. The molecule has 1 atom stereocenters. The van der Waals surface area contributed by atoms with E-state index in [4.69, 9.17) is 18.9 Å². The number of benzene rings is 1. The van der Waals surface area contributed by atoms with E-state index in [1.165, 1.54) is 39.8 Å². The Balaban J connectivity index is 1.99. The fourth-order valence-corrected chi connectivity index (χ4v) is 4.61. The Morgan fingerprint density at radius 3 is 2.21 bits per heavy atom. The number of methoxy groups -OCH3 is 4. The first-order chi connectivity index (χ1) is 13.9. The fraction of sp³-hybridized carbons (Fsp3) is 0.350. The van der Waals surface area contributed by atoms with Crippen molar-refractivity contribution in [1.82, 2.24) is 0 Å². The Kier molecular flexibility index (Phi) is 6.07. The zero-order chi connectivity index (χ0) is 21.1. The minimum Gasteiger partial charge on any atom is -0.497 e. The number of esters is 2. The summed E-state index contributed by atoms with van der Waals surface area (Å²) in [7, 11) is 5.54. The molecule has 9 heteroatoms. The Labute approximate surface area is 171 Å². The van der Waals surface area contributed by atoms with Gasteiger partial charge in [-0.3, -0.25) is 9.59 Å². The van der Waals surface area contributed by atoms with Crippen LogP contribution in [0.5, 0.6) is 11.5 Å². The summed E-state index contributed by atoms with van der Waals surface area (Å²) in [5, 5.41) is 3.10. The van der Waals surface area contributed by atoms with Gasteiger partial charge in [-0.25, -0.2) is 4.79 Å². The van der Waals surface area contributed by atoms with Gasteiger partial charge in [0.25, 0.3) is 5.91 Å². The maximum atomic E-state index is 12.9. The van der Waals surface area contributed by atoms with E-state index in [2.05, 4.69) is 5.32 Å². The van der Waals surface area contributed by atoms with Crippen LogP contribution in [0.1, 0.15) is 43.5 Å². The molecule has 0 saturated heterocycles. The molecular weight excluding hydrogens is 398 g/mol. The van der Waals surface area contributed by atoms with Gasteiger partial charge in [-0.1, -0.05) is 0 Å². The molecule has 1 aliphatic carbocycles. The summed E-state index contributed by atoms with van der Waals surface area (Å²) < 4.78 is 20.2. The van der Waals surface area contributed by atoms with Crippen LogP contribution in [0.3, 0.4) is 0 Å². The molecular formula is C20H21NO7S. The smallest absolute Gasteiger partial charge is 0.341 e. The predicted octanol–water partition coefficient (Wildman–Crippen LogP) is 3.01. The molecule has 1 aliphatic rings. The van der Waals surface area contributed by atoms with Crippen molar-refractivity contribution >= 4 is 34.2 Å². The van der Waals surface area contributed by atoms with Crippen molar-refractivity contribution < 1.29 is 33.3 Å². The number of thiophene rings is 1. The Morgan fingerprint density at radius 1 is 1.00 bits per heavy atom. The van der Waals surface area contributed by atoms with E-state index < -0.39 is 23.8 Å². The third kappa shape index (κ3) is 3.91. The molecule has 0 bridgehead atoms. The first-order valence-corrected chi connectivity index (χ1v) is 9.61. The zero-order valence-electron chi connectivity index (χ0n) is 16.5. The molecule has 154 valence electrons. The molecule has 2 aromatic rings. The van der Waals surface area contributed by atoms with Crippen molar-refractivity contribution in [2.45, 2.75) is 18.8 Å². The molecule has 8 nitrogen and oxygen atoms in total. The highest BCUT2D eigenvalue weighted by Crippen LogP contribution is 2.46. The Bertz CT molecular complexity index is 944. The maximum absolute atomic E-state index is 12.9. The molecule has 0 radical (unpaired) electrons. The largest absolute Gasteiger partial charge is 0.497 e. The molecule has 3 rings (SSSR count). The number of fused-ring (bicyclic) bond motifs is 1. The standard InChI is InChI=1S/C20H21NO7S/c1-25-11-7-10(8-12(9-11)26-2)17(22)21-18-16(20(24)28-4)15-13(19(23)27-3)5-6-14(15)29-18/h7-9,13H,5-6H2,1-4H3,(H,21,22)/t13-/m0/s1. The third-order valence-corrected chi connectivity index (χ3v) is 5.93. The number of carbonyl (C=O) groups is 3. The minimum absolute atomic E-state index is 0.198. The van der Waals surface area contributed by atoms with E-state index in [9.17, 15) is 14.4 Å². The van der Waals surface area contributed by atoms with Crippen molar-refractivity contribution in [3.8, 4) is 11.5 Å². The summed E-state index contributed by atoms with van der Waals surface area (Å²) >= 11 is 1.26. The summed E-state index contributed by atoms with van der Waals surface area (Å²) in [4.78, 5) is 38.3. The average Bonchev–Trinajstić information content (AvgIpc) is 3.30. The number of hydrogen-bond donors (Lipinski definition) is 1. The molecule has 29 heavy (non-hydrogen) atoms. The number of hydrogen-bond acceptors (Lipinski definition) is 8. The van der Waals surface area contributed by atoms with E-state index in [1.54, 1.807) is 18.2 Å². The quantitative estimate of drug-likeness (QED) is 0.719. The second-order valence-corrected chi connectivity index (χ2v) is 7.41.